The van der Waals surface area contributed by atoms with Crippen LogP contribution in [0.4, 0.5) is 0 Å². The zero-order chi connectivity index (χ0) is 19.9. The maximum Gasteiger partial charge on any atom is 0.251 e. The number of nitrogens with zero attached hydrogens (tertiary/aromatic N) is 4. The molecule has 1 aliphatic rings. The quantitative estimate of drug-likeness (QED) is 0.593. The van der Waals surface area contributed by atoms with Crippen molar-refractivity contribution in [2.75, 3.05) is 26.7 Å². The predicted molar refractivity (Wildman–Crippen MR) is 111 cm³/mol. The van der Waals surface area contributed by atoms with E-state index < -0.39 is 0 Å². The van der Waals surface area contributed by atoms with Crippen LogP contribution in [0.1, 0.15) is 47.2 Å². The number of likely N-dealkylation sites (tertiary alicyclic amines) is 1. The van der Waals surface area contributed by atoms with E-state index in [9.17, 15) is 4.79 Å². The molecule has 0 saturated carbocycles. The van der Waals surface area contributed by atoms with Crippen molar-refractivity contribution in [1.82, 2.24) is 25.3 Å². The number of hydrogen-bond donors (Lipinski definition) is 2. The van der Waals surface area contributed by atoms with Gasteiger partial charge in [-0.05, 0) is 36.1 Å². The SMILES string of the molecule is CCCNC(=O)c1cccc(CNC(=NC)N2CCC(c3cnn(C)c3)C2)c1. The van der Waals surface area contributed by atoms with Gasteiger partial charge in [0, 0.05) is 58.0 Å². The summed E-state index contributed by atoms with van der Waals surface area (Å²) in [5.74, 6) is 1.36. The summed E-state index contributed by atoms with van der Waals surface area (Å²) >= 11 is 0. The van der Waals surface area contributed by atoms with Crippen molar-refractivity contribution < 1.29 is 4.79 Å². The first-order chi connectivity index (χ1) is 13.6. The van der Waals surface area contributed by atoms with Crippen LogP contribution in [0.2, 0.25) is 0 Å². The Kier molecular flexibility index (Phi) is 6.68. The molecular weight excluding hydrogens is 352 g/mol. The van der Waals surface area contributed by atoms with Gasteiger partial charge >= 0.3 is 0 Å². The number of aromatic nitrogens is 2. The summed E-state index contributed by atoms with van der Waals surface area (Å²) in [5.41, 5.74) is 3.04. The van der Waals surface area contributed by atoms with E-state index in [0.29, 0.717) is 24.6 Å². The predicted octanol–water partition coefficient (Wildman–Crippen LogP) is 2.12. The van der Waals surface area contributed by atoms with Crippen molar-refractivity contribution in [3.8, 4) is 0 Å². The lowest BCUT2D eigenvalue weighted by Crippen LogP contribution is -2.39. The number of carbonyl (C=O) groups is 1. The molecule has 0 spiro atoms. The van der Waals surface area contributed by atoms with Gasteiger partial charge < -0.3 is 15.5 Å². The molecule has 2 heterocycles. The van der Waals surface area contributed by atoms with Gasteiger partial charge in [-0.3, -0.25) is 14.5 Å². The van der Waals surface area contributed by atoms with Gasteiger partial charge in [-0.25, -0.2) is 0 Å². The van der Waals surface area contributed by atoms with Crippen molar-refractivity contribution in [2.45, 2.75) is 32.2 Å². The van der Waals surface area contributed by atoms with Gasteiger partial charge in [-0.15, -0.1) is 0 Å². The second-order valence-corrected chi connectivity index (χ2v) is 7.24. The third-order valence-corrected chi connectivity index (χ3v) is 5.07. The lowest BCUT2D eigenvalue weighted by Gasteiger charge is -2.21. The summed E-state index contributed by atoms with van der Waals surface area (Å²) in [6.07, 6.45) is 6.08. The van der Waals surface area contributed by atoms with Gasteiger partial charge in [0.15, 0.2) is 5.96 Å². The molecule has 0 bridgehead atoms. The van der Waals surface area contributed by atoms with Crippen molar-refractivity contribution in [1.29, 1.82) is 0 Å². The standard InChI is InChI=1S/C21H30N6O/c1-4-9-23-20(28)17-7-5-6-16(11-17)12-24-21(22-2)27-10-8-18(15-27)19-13-25-26(3)14-19/h5-7,11,13-14,18H,4,8-10,12,15H2,1-3H3,(H,22,24)(H,23,28). The van der Waals surface area contributed by atoms with Crippen LogP contribution in [-0.2, 0) is 13.6 Å². The molecule has 1 saturated heterocycles. The van der Waals surface area contributed by atoms with E-state index in [0.717, 1.165) is 37.5 Å². The summed E-state index contributed by atoms with van der Waals surface area (Å²) in [6, 6.07) is 7.74. The average molecular weight is 383 g/mol. The zero-order valence-electron chi connectivity index (χ0n) is 17.0. The third-order valence-electron chi connectivity index (χ3n) is 5.07. The number of guanidine groups is 1. The molecule has 1 amide bonds. The van der Waals surface area contributed by atoms with E-state index in [4.69, 9.17) is 0 Å². The maximum atomic E-state index is 12.2. The van der Waals surface area contributed by atoms with Crippen LogP contribution in [0.5, 0.6) is 0 Å². The van der Waals surface area contributed by atoms with E-state index in [1.54, 1.807) is 0 Å². The first-order valence-corrected chi connectivity index (χ1v) is 9.92. The Labute approximate surface area is 166 Å². The molecule has 3 rings (SSSR count). The third kappa shape index (κ3) is 4.91. The topological polar surface area (TPSA) is 74.6 Å². The summed E-state index contributed by atoms with van der Waals surface area (Å²) < 4.78 is 1.86. The maximum absolute atomic E-state index is 12.2. The molecule has 7 heteroatoms. The van der Waals surface area contributed by atoms with E-state index >= 15 is 0 Å². The normalized spacial score (nSPS) is 17.0. The van der Waals surface area contributed by atoms with E-state index in [1.807, 2.05) is 56.2 Å². The van der Waals surface area contributed by atoms with E-state index in [2.05, 4.69) is 31.8 Å². The largest absolute Gasteiger partial charge is 0.352 e. The van der Waals surface area contributed by atoms with Gasteiger partial charge in [0.2, 0.25) is 0 Å². The molecule has 1 fully saturated rings. The molecule has 1 aliphatic heterocycles. The Bertz CT molecular complexity index is 828. The molecule has 2 aromatic rings. The molecule has 1 atom stereocenters. The van der Waals surface area contributed by atoms with Crippen LogP contribution in [0.3, 0.4) is 0 Å². The fourth-order valence-corrected chi connectivity index (χ4v) is 3.55. The summed E-state index contributed by atoms with van der Waals surface area (Å²) in [6.45, 7) is 5.28. The smallest absolute Gasteiger partial charge is 0.251 e. The fraction of sp³-hybridized carbons (Fsp3) is 0.476. The van der Waals surface area contributed by atoms with Gasteiger partial charge in [-0.1, -0.05) is 19.1 Å². The molecule has 28 heavy (non-hydrogen) atoms. The first kappa shape index (κ1) is 19.9. The number of carbonyl (C=O) groups excluding carboxylic acids is 1. The Morgan fingerprint density at radius 3 is 2.93 bits per heavy atom. The van der Waals surface area contributed by atoms with Crippen LogP contribution < -0.4 is 10.6 Å². The highest BCUT2D eigenvalue weighted by atomic mass is 16.1. The second-order valence-electron chi connectivity index (χ2n) is 7.24. The number of benzene rings is 1. The minimum atomic E-state index is -0.0214. The molecular formula is C21H30N6O. The van der Waals surface area contributed by atoms with Crippen LogP contribution >= 0.6 is 0 Å². The van der Waals surface area contributed by atoms with Crippen LogP contribution in [0.25, 0.3) is 0 Å². The molecule has 1 unspecified atom stereocenters. The zero-order valence-corrected chi connectivity index (χ0v) is 17.0. The highest BCUT2D eigenvalue weighted by molar-refractivity contribution is 5.94. The number of nitrogens with one attached hydrogen (secondary N) is 2. The van der Waals surface area contributed by atoms with Crippen molar-refractivity contribution in [3.63, 3.8) is 0 Å². The number of aryl methyl sites for hydroxylation is 1. The summed E-state index contributed by atoms with van der Waals surface area (Å²) in [4.78, 5) is 18.9. The number of aliphatic imine (C=N–C) groups is 1. The Morgan fingerprint density at radius 2 is 2.21 bits per heavy atom. The first-order valence-electron chi connectivity index (χ1n) is 9.92. The number of hydrogen-bond acceptors (Lipinski definition) is 3. The lowest BCUT2D eigenvalue weighted by atomic mass is 10.0. The van der Waals surface area contributed by atoms with Gasteiger partial charge in [0.05, 0.1) is 6.20 Å². The summed E-state index contributed by atoms with van der Waals surface area (Å²) in [7, 11) is 3.77. The molecule has 0 aliphatic carbocycles. The van der Waals surface area contributed by atoms with E-state index in [-0.39, 0.29) is 5.91 Å². The van der Waals surface area contributed by atoms with Crippen LogP contribution in [0.15, 0.2) is 41.7 Å². The van der Waals surface area contributed by atoms with Crippen molar-refractivity contribution in [3.05, 3.63) is 53.3 Å². The minimum absolute atomic E-state index is 0.0214. The molecule has 1 aromatic heterocycles. The Balaban J connectivity index is 1.57. The highest BCUT2D eigenvalue weighted by Crippen LogP contribution is 2.26. The fourth-order valence-electron chi connectivity index (χ4n) is 3.55. The molecule has 0 radical (unpaired) electrons. The minimum Gasteiger partial charge on any atom is -0.352 e. The Hall–Kier alpha value is -2.83. The van der Waals surface area contributed by atoms with Crippen molar-refractivity contribution in [2.24, 2.45) is 12.0 Å². The molecule has 2 N–H and O–H groups in total. The summed E-state index contributed by atoms with van der Waals surface area (Å²) in [5, 5.41) is 10.6. The average Bonchev–Trinajstić information content (AvgIpc) is 3.36. The molecule has 150 valence electrons. The van der Waals surface area contributed by atoms with E-state index in [1.165, 1.54) is 5.56 Å². The number of rotatable bonds is 6. The van der Waals surface area contributed by atoms with Crippen molar-refractivity contribution >= 4 is 11.9 Å². The van der Waals surface area contributed by atoms with Gasteiger partial charge in [0.25, 0.3) is 5.91 Å². The monoisotopic (exact) mass is 382 g/mol. The lowest BCUT2D eigenvalue weighted by molar-refractivity contribution is 0.0953. The molecule has 1 aromatic carbocycles. The number of amides is 1. The van der Waals surface area contributed by atoms with Gasteiger partial charge in [0.1, 0.15) is 0 Å². The highest BCUT2D eigenvalue weighted by Gasteiger charge is 2.26. The van der Waals surface area contributed by atoms with Crippen LogP contribution in [0, 0.1) is 0 Å². The van der Waals surface area contributed by atoms with Crippen LogP contribution in [-0.4, -0.2) is 53.2 Å². The second kappa shape index (κ2) is 9.39. The van der Waals surface area contributed by atoms with Gasteiger partial charge in [-0.2, -0.15) is 5.10 Å². The molecule has 7 nitrogen and oxygen atoms in total. The Morgan fingerprint density at radius 1 is 1.36 bits per heavy atom.